The minimum absolute atomic E-state index is 0.180. The van der Waals surface area contributed by atoms with Gasteiger partial charge in [-0.15, -0.1) is 0 Å². The van der Waals surface area contributed by atoms with Crippen LogP contribution in [-0.4, -0.2) is 20.5 Å². The van der Waals surface area contributed by atoms with E-state index in [1.807, 2.05) is 64.1 Å². The van der Waals surface area contributed by atoms with E-state index in [1.165, 1.54) is 12.5 Å². The van der Waals surface area contributed by atoms with E-state index < -0.39 is 0 Å². The zero-order valence-electron chi connectivity index (χ0n) is 20.7. The first kappa shape index (κ1) is 24.8. The van der Waals surface area contributed by atoms with Crippen LogP contribution >= 0.6 is 0 Å². The lowest BCUT2D eigenvalue weighted by Gasteiger charge is -2.16. The maximum absolute atomic E-state index is 13.5. The summed E-state index contributed by atoms with van der Waals surface area (Å²) < 4.78 is 7.00. The second-order valence-electron chi connectivity index (χ2n) is 7.92. The lowest BCUT2D eigenvalue weighted by atomic mass is 10.0. The molecule has 0 radical (unpaired) electrons. The standard InChI is InChI=1S/C26H25N3O3.C2H6/c1-5-6-19-7-9-21(10-8-19)29-25(28-23-11-12-27-15-22(23)26(29)31)20-13-16(2)24(17(3)14-20)32-18(4)30;1-2/h7-15H,5-6H2,1-4H3;1-2H3. The third kappa shape index (κ3) is 5.06. The van der Waals surface area contributed by atoms with E-state index >= 15 is 0 Å². The lowest BCUT2D eigenvalue weighted by Crippen LogP contribution is -2.22. The van der Waals surface area contributed by atoms with Crippen LogP contribution in [0, 0.1) is 13.8 Å². The Balaban J connectivity index is 0.00000158. The molecule has 0 bridgehead atoms. The third-order valence-electron chi connectivity index (χ3n) is 5.37. The monoisotopic (exact) mass is 457 g/mol. The Morgan fingerprint density at radius 3 is 2.26 bits per heavy atom. The molecule has 2 aromatic carbocycles. The molecule has 0 aliphatic carbocycles. The van der Waals surface area contributed by atoms with Gasteiger partial charge in [0.05, 0.1) is 16.6 Å². The zero-order chi connectivity index (χ0) is 24.8. The fourth-order valence-corrected chi connectivity index (χ4v) is 3.95. The molecule has 2 aromatic heterocycles. The molecule has 0 spiro atoms. The molecule has 6 nitrogen and oxygen atoms in total. The highest BCUT2D eigenvalue weighted by Gasteiger charge is 2.17. The van der Waals surface area contributed by atoms with Gasteiger partial charge in [0.2, 0.25) is 0 Å². The molecule has 0 saturated heterocycles. The van der Waals surface area contributed by atoms with Crippen molar-refractivity contribution in [3.8, 4) is 22.8 Å². The summed E-state index contributed by atoms with van der Waals surface area (Å²) in [7, 11) is 0. The van der Waals surface area contributed by atoms with Crippen LogP contribution < -0.4 is 10.3 Å². The summed E-state index contributed by atoms with van der Waals surface area (Å²) in [6.07, 6.45) is 5.22. The molecule has 4 aromatic rings. The van der Waals surface area contributed by atoms with Gasteiger partial charge in [0, 0.05) is 24.9 Å². The Morgan fingerprint density at radius 2 is 1.68 bits per heavy atom. The number of fused-ring (bicyclic) bond motifs is 1. The van der Waals surface area contributed by atoms with Crippen molar-refractivity contribution in [2.45, 2.75) is 54.4 Å². The van der Waals surface area contributed by atoms with Crippen molar-refractivity contribution in [3.05, 3.63) is 81.9 Å². The smallest absolute Gasteiger partial charge is 0.308 e. The molecular formula is C28H31N3O3. The van der Waals surface area contributed by atoms with Crippen LogP contribution in [0.5, 0.6) is 5.75 Å². The van der Waals surface area contributed by atoms with Crippen LogP contribution in [0.1, 0.15) is 50.8 Å². The number of benzene rings is 2. The molecule has 0 fully saturated rings. The quantitative estimate of drug-likeness (QED) is 0.273. The van der Waals surface area contributed by atoms with Gasteiger partial charge in [-0.3, -0.25) is 19.1 Å². The Morgan fingerprint density at radius 1 is 1.03 bits per heavy atom. The van der Waals surface area contributed by atoms with Crippen molar-refractivity contribution >= 4 is 16.9 Å². The summed E-state index contributed by atoms with van der Waals surface area (Å²) in [6.45, 7) is 11.3. The second kappa shape index (κ2) is 10.9. The molecule has 34 heavy (non-hydrogen) atoms. The number of hydrogen-bond acceptors (Lipinski definition) is 5. The normalized spacial score (nSPS) is 10.5. The molecule has 0 unspecified atom stereocenters. The zero-order valence-corrected chi connectivity index (χ0v) is 20.7. The number of pyridine rings is 1. The van der Waals surface area contributed by atoms with Gasteiger partial charge in [0.1, 0.15) is 11.6 Å². The molecular weight excluding hydrogens is 426 g/mol. The van der Waals surface area contributed by atoms with Gasteiger partial charge in [0.25, 0.3) is 5.56 Å². The van der Waals surface area contributed by atoms with Gasteiger partial charge in [-0.25, -0.2) is 4.98 Å². The van der Waals surface area contributed by atoms with Crippen molar-refractivity contribution in [2.24, 2.45) is 0 Å². The summed E-state index contributed by atoms with van der Waals surface area (Å²) in [4.78, 5) is 34.0. The Hall–Kier alpha value is -3.80. The second-order valence-corrected chi connectivity index (χ2v) is 7.92. The Kier molecular flexibility index (Phi) is 7.95. The molecule has 6 heteroatoms. The van der Waals surface area contributed by atoms with Crippen molar-refractivity contribution in [1.82, 2.24) is 14.5 Å². The molecule has 0 atom stereocenters. The van der Waals surface area contributed by atoms with Crippen LogP contribution in [0.25, 0.3) is 28.0 Å². The molecule has 176 valence electrons. The number of ether oxygens (including phenoxy) is 1. The number of nitrogens with zero attached hydrogens (tertiary/aromatic N) is 3. The highest BCUT2D eigenvalue weighted by atomic mass is 16.5. The van der Waals surface area contributed by atoms with Crippen molar-refractivity contribution in [1.29, 1.82) is 0 Å². The first-order valence-electron chi connectivity index (χ1n) is 11.6. The number of aryl methyl sites for hydroxylation is 3. The lowest BCUT2D eigenvalue weighted by molar-refractivity contribution is -0.131. The summed E-state index contributed by atoms with van der Waals surface area (Å²) >= 11 is 0. The fourth-order valence-electron chi connectivity index (χ4n) is 3.95. The molecule has 0 aliphatic rings. The van der Waals surface area contributed by atoms with Gasteiger partial charge in [-0.1, -0.05) is 39.3 Å². The van der Waals surface area contributed by atoms with Crippen LogP contribution in [-0.2, 0) is 11.2 Å². The first-order chi connectivity index (χ1) is 16.4. The average Bonchev–Trinajstić information content (AvgIpc) is 2.83. The van der Waals surface area contributed by atoms with Gasteiger partial charge < -0.3 is 4.74 Å². The number of carbonyl (C=O) groups excluding carboxylic acids is 1. The maximum atomic E-state index is 13.5. The number of aromatic nitrogens is 3. The van der Waals surface area contributed by atoms with E-state index in [0.717, 1.165) is 35.2 Å². The van der Waals surface area contributed by atoms with Crippen molar-refractivity contribution in [3.63, 3.8) is 0 Å². The predicted molar refractivity (Wildman–Crippen MR) is 137 cm³/mol. The van der Waals surface area contributed by atoms with Gasteiger partial charge >= 0.3 is 5.97 Å². The highest BCUT2D eigenvalue weighted by molar-refractivity contribution is 5.80. The van der Waals surface area contributed by atoms with Crippen molar-refractivity contribution in [2.75, 3.05) is 0 Å². The largest absolute Gasteiger partial charge is 0.426 e. The summed E-state index contributed by atoms with van der Waals surface area (Å²) in [6, 6.07) is 13.5. The van der Waals surface area contributed by atoms with E-state index in [1.54, 1.807) is 23.0 Å². The van der Waals surface area contributed by atoms with E-state index in [0.29, 0.717) is 22.5 Å². The van der Waals surface area contributed by atoms with Gasteiger partial charge in [0.15, 0.2) is 0 Å². The van der Waals surface area contributed by atoms with Gasteiger partial charge in [-0.2, -0.15) is 0 Å². The third-order valence-corrected chi connectivity index (χ3v) is 5.37. The van der Waals surface area contributed by atoms with Crippen molar-refractivity contribution < 1.29 is 9.53 Å². The minimum atomic E-state index is -0.371. The molecule has 0 aliphatic heterocycles. The molecule has 0 saturated carbocycles. The maximum Gasteiger partial charge on any atom is 0.308 e. The van der Waals surface area contributed by atoms with E-state index in [2.05, 4.69) is 11.9 Å². The number of esters is 1. The first-order valence-corrected chi connectivity index (χ1v) is 11.6. The molecule has 0 N–H and O–H groups in total. The summed E-state index contributed by atoms with van der Waals surface area (Å²) in [5.41, 5.74) is 4.72. The van der Waals surface area contributed by atoms with Crippen LogP contribution in [0.2, 0.25) is 0 Å². The topological polar surface area (TPSA) is 74.1 Å². The number of carbonyl (C=O) groups is 1. The number of hydrogen-bond donors (Lipinski definition) is 0. The van der Waals surface area contributed by atoms with Crippen LogP contribution in [0.15, 0.2) is 59.7 Å². The highest BCUT2D eigenvalue weighted by Crippen LogP contribution is 2.31. The Labute approximate surface area is 200 Å². The Bertz CT molecular complexity index is 1350. The number of rotatable bonds is 5. The fraction of sp³-hybridized carbons (Fsp3) is 0.286. The van der Waals surface area contributed by atoms with Gasteiger partial charge in [-0.05, 0) is 67.3 Å². The average molecular weight is 458 g/mol. The summed E-state index contributed by atoms with van der Waals surface area (Å²) in [5.74, 6) is 0.686. The molecule has 4 rings (SSSR count). The summed E-state index contributed by atoms with van der Waals surface area (Å²) in [5, 5.41) is 0.457. The molecule has 0 amide bonds. The van der Waals surface area contributed by atoms with E-state index in [-0.39, 0.29) is 11.5 Å². The SMILES string of the molecule is CC.CCCc1ccc(-n2c(-c3cc(C)c(OC(C)=O)c(C)c3)nc3ccncc3c2=O)cc1. The van der Waals surface area contributed by atoms with E-state index in [9.17, 15) is 9.59 Å². The van der Waals surface area contributed by atoms with Crippen LogP contribution in [0.3, 0.4) is 0 Å². The molecule has 2 heterocycles. The predicted octanol–water partition coefficient (Wildman–Crippen LogP) is 5.97. The van der Waals surface area contributed by atoms with E-state index in [4.69, 9.17) is 9.72 Å². The van der Waals surface area contributed by atoms with Crippen LogP contribution in [0.4, 0.5) is 0 Å². The minimum Gasteiger partial charge on any atom is -0.426 e.